The number of amides is 2. The Morgan fingerprint density at radius 1 is 1.50 bits per heavy atom. The molecular weight excluding hydrogens is 210 g/mol. The van der Waals surface area contributed by atoms with Gasteiger partial charge in [-0.2, -0.15) is 5.26 Å². The van der Waals surface area contributed by atoms with Gasteiger partial charge in [-0.1, -0.05) is 0 Å². The van der Waals surface area contributed by atoms with Crippen LogP contribution in [0, 0.1) is 16.7 Å². The predicted molar refractivity (Wildman–Crippen MR) is 54.9 cm³/mol. The lowest BCUT2D eigenvalue weighted by Crippen LogP contribution is -2.47. The summed E-state index contributed by atoms with van der Waals surface area (Å²) < 4.78 is 5.12. The number of nitrogens with zero attached hydrogens (tertiary/aromatic N) is 2. The zero-order valence-corrected chi connectivity index (χ0v) is 9.23. The number of hydrogen-bond donors (Lipinski definition) is 1. The van der Waals surface area contributed by atoms with Crippen molar-refractivity contribution < 1.29 is 14.3 Å². The van der Waals surface area contributed by atoms with Crippen LogP contribution in [0.3, 0.4) is 0 Å². The van der Waals surface area contributed by atoms with E-state index in [1.165, 1.54) is 11.9 Å². The third-order valence-corrected chi connectivity index (χ3v) is 2.71. The average Bonchev–Trinajstić information content (AvgIpc) is 2.28. The Morgan fingerprint density at radius 3 is 2.50 bits per heavy atom. The van der Waals surface area contributed by atoms with E-state index in [1.807, 2.05) is 6.07 Å². The maximum absolute atomic E-state index is 12.0. The van der Waals surface area contributed by atoms with Crippen LogP contribution in [0.5, 0.6) is 0 Å². The van der Waals surface area contributed by atoms with Crippen LogP contribution in [0.1, 0.15) is 12.8 Å². The second kappa shape index (κ2) is 4.94. The molecule has 6 heteroatoms. The maximum Gasteiger partial charge on any atom is 0.243 e. The lowest BCUT2D eigenvalue weighted by atomic mass is 9.80. The highest BCUT2D eigenvalue weighted by atomic mass is 16.5. The largest absolute Gasteiger partial charge is 0.381 e. The van der Waals surface area contributed by atoms with Gasteiger partial charge in [-0.3, -0.25) is 9.59 Å². The lowest BCUT2D eigenvalue weighted by molar-refractivity contribution is -0.144. The van der Waals surface area contributed by atoms with Gasteiger partial charge in [-0.25, -0.2) is 0 Å². The van der Waals surface area contributed by atoms with Gasteiger partial charge in [-0.15, -0.1) is 0 Å². The zero-order valence-electron chi connectivity index (χ0n) is 9.23. The first-order chi connectivity index (χ1) is 7.52. The Labute approximate surface area is 93.9 Å². The first kappa shape index (κ1) is 12.5. The fraction of sp³-hybridized carbons (Fsp3) is 0.700. The molecule has 0 spiro atoms. The Morgan fingerprint density at radius 2 is 2.06 bits per heavy atom. The number of hydrogen-bond acceptors (Lipinski definition) is 4. The Kier molecular flexibility index (Phi) is 3.85. The summed E-state index contributed by atoms with van der Waals surface area (Å²) in [5.74, 6) is -0.937. The summed E-state index contributed by atoms with van der Waals surface area (Å²) in [6, 6.07) is 2.05. The van der Waals surface area contributed by atoms with Gasteiger partial charge in [0.1, 0.15) is 5.41 Å². The molecule has 0 aromatic rings. The van der Waals surface area contributed by atoms with Gasteiger partial charge < -0.3 is 15.4 Å². The van der Waals surface area contributed by atoms with Crippen LogP contribution in [0.25, 0.3) is 0 Å². The molecule has 0 bridgehead atoms. The van der Waals surface area contributed by atoms with E-state index < -0.39 is 11.3 Å². The van der Waals surface area contributed by atoms with E-state index >= 15 is 0 Å². The van der Waals surface area contributed by atoms with E-state index in [9.17, 15) is 9.59 Å². The number of likely N-dealkylation sites (N-methyl/N-ethyl adjacent to an activating group) is 1. The second-order valence-corrected chi connectivity index (χ2v) is 3.93. The van der Waals surface area contributed by atoms with Gasteiger partial charge in [0.2, 0.25) is 11.8 Å². The summed E-state index contributed by atoms with van der Waals surface area (Å²) in [7, 11) is 1.47. The molecule has 6 nitrogen and oxygen atoms in total. The van der Waals surface area contributed by atoms with Crippen LogP contribution in [0.4, 0.5) is 0 Å². The molecule has 16 heavy (non-hydrogen) atoms. The summed E-state index contributed by atoms with van der Waals surface area (Å²) in [4.78, 5) is 23.9. The maximum atomic E-state index is 12.0. The van der Waals surface area contributed by atoms with Crippen molar-refractivity contribution in [2.24, 2.45) is 11.1 Å². The number of primary amides is 1. The van der Waals surface area contributed by atoms with Crippen LogP contribution in [0.15, 0.2) is 0 Å². The molecule has 1 aliphatic rings. The molecule has 0 aromatic heterocycles. The SMILES string of the molecule is CN(CC(N)=O)C(=O)C1(C#N)CCOCC1. The molecule has 1 saturated heterocycles. The Hall–Kier alpha value is -1.61. The van der Waals surface area contributed by atoms with Gasteiger partial charge >= 0.3 is 0 Å². The fourth-order valence-electron chi connectivity index (χ4n) is 1.76. The monoisotopic (exact) mass is 225 g/mol. The summed E-state index contributed by atoms with van der Waals surface area (Å²) in [5, 5.41) is 9.13. The van der Waals surface area contributed by atoms with Crippen LogP contribution < -0.4 is 5.73 Å². The number of nitrogens with two attached hydrogens (primary N) is 1. The first-order valence-corrected chi connectivity index (χ1v) is 5.05. The summed E-state index contributed by atoms with van der Waals surface area (Å²) >= 11 is 0. The van der Waals surface area contributed by atoms with E-state index in [4.69, 9.17) is 15.7 Å². The third-order valence-electron chi connectivity index (χ3n) is 2.71. The predicted octanol–water partition coefficient (Wildman–Crippen LogP) is -0.750. The number of rotatable bonds is 3. The van der Waals surface area contributed by atoms with Crippen molar-refractivity contribution >= 4 is 11.8 Å². The molecule has 0 radical (unpaired) electrons. The first-order valence-electron chi connectivity index (χ1n) is 5.05. The average molecular weight is 225 g/mol. The Balaban J connectivity index is 2.76. The van der Waals surface area contributed by atoms with Gasteiger partial charge in [0.15, 0.2) is 0 Å². The van der Waals surface area contributed by atoms with Crippen molar-refractivity contribution in [3.05, 3.63) is 0 Å². The smallest absolute Gasteiger partial charge is 0.243 e. The van der Waals surface area contributed by atoms with Crippen LogP contribution >= 0.6 is 0 Å². The highest BCUT2D eigenvalue weighted by Crippen LogP contribution is 2.31. The Bertz CT molecular complexity index is 329. The summed E-state index contributed by atoms with van der Waals surface area (Å²) in [5.41, 5.74) is 3.95. The lowest BCUT2D eigenvalue weighted by Gasteiger charge is -2.32. The highest BCUT2D eigenvalue weighted by Gasteiger charge is 2.42. The van der Waals surface area contributed by atoms with Gasteiger partial charge in [-0.05, 0) is 12.8 Å². The van der Waals surface area contributed by atoms with Crippen LogP contribution in [-0.2, 0) is 14.3 Å². The molecule has 0 aliphatic carbocycles. The third kappa shape index (κ3) is 2.49. The van der Waals surface area contributed by atoms with E-state index in [0.29, 0.717) is 26.1 Å². The van der Waals surface area contributed by atoms with Crippen molar-refractivity contribution in [3.8, 4) is 6.07 Å². The fourth-order valence-corrected chi connectivity index (χ4v) is 1.76. The van der Waals surface area contributed by atoms with Crippen molar-refractivity contribution in [1.82, 2.24) is 4.90 Å². The van der Waals surface area contributed by atoms with E-state index in [0.717, 1.165) is 0 Å². The standard InChI is InChI=1S/C10H15N3O3/c1-13(6-8(12)14)9(15)10(7-11)2-4-16-5-3-10/h2-6H2,1H3,(H2,12,14). The summed E-state index contributed by atoms with van der Waals surface area (Å²) in [6.45, 7) is 0.622. The van der Waals surface area contributed by atoms with Crippen molar-refractivity contribution in [2.75, 3.05) is 26.8 Å². The zero-order chi connectivity index (χ0) is 12.2. The van der Waals surface area contributed by atoms with E-state index in [-0.39, 0.29) is 12.5 Å². The molecule has 88 valence electrons. The van der Waals surface area contributed by atoms with Gasteiger partial charge in [0.05, 0.1) is 12.6 Å². The molecular formula is C10H15N3O3. The van der Waals surface area contributed by atoms with Gasteiger partial charge in [0, 0.05) is 20.3 Å². The number of carbonyl (C=O) groups excluding carboxylic acids is 2. The molecule has 0 aromatic carbocycles. The molecule has 1 aliphatic heterocycles. The molecule has 2 N–H and O–H groups in total. The van der Waals surface area contributed by atoms with Crippen LogP contribution in [-0.4, -0.2) is 43.5 Å². The normalized spacial score (nSPS) is 18.5. The molecule has 0 atom stereocenters. The molecule has 2 amide bonds. The van der Waals surface area contributed by atoms with Gasteiger partial charge in [0.25, 0.3) is 0 Å². The molecule has 0 saturated carbocycles. The minimum absolute atomic E-state index is 0.164. The van der Waals surface area contributed by atoms with Crippen molar-refractivity contribution in [3.63, 3.8) is 0 Å². The topological polar surface area (TPSA) is 96.4 Å². The van der Waals surface area contributed by atoms with Crippen molar-refractivity contribution in [2.45, 2.75) is 12.8 Å². The molecule has 1 heterocycles. The summed E-state index contributed by atoms with van der Waals surface area (Å²) in [6.07, 6.45) is 0.733. The quantitative estimate of drug-likeness (QED) is 0.683. The molecule has 1 rings (SSSR count). The number of ether oxygens (including phenoxy) is 1. The second-order valence-electron chi connectivity index (χ2n) is 3.93. The van der Waals surface area contributed by atoms with E-state index in [1.54, 1.807) is 0 Å². The highest BCUT2D eigenvalue weighted by molar-refractivity contribution is 5.89. The number of nitriles is 1. The molecule has 1 fully saturated rings. The van der Waals surface area contributed by atoms with E-state index in [2.05, 4.69) is 0 Å². The van der Waals surface area contributed by atoms with Crippen molar-refractivity contribution in [1.29, 1.82) is 5.26 Å². The minimum atomic E-state index is -1.05. The number of carbonyl (C=O) groups is 2. The minimum Gasteiger partial charge on any atom is -0.381 e. The molecule has 0 unspecified atom stereocenters. The van der Waals surface area contributed by atoms with Crippen LogP contribution in [0.2, 0.25) is 0 Å².